The highest BCUT2D eigenvalue weighted by Crippen LogP contribution is 2.31. The van der Waals surface area contributed by atoms with Gasteiger partial charge in [-0.2, -0.15) is 0 Å². The van der Waals surface area contributed by atoms with E-state index in [9.17, 15) is 8.42 Å². The van der Waals surface area contributed by atoms with Gasteiger partial charge in [-0.25, -0.2) is 13.6 Å². The molecule has 0 fully saturated rings. The molecule has 0 aromatic heterocycles. The van der Waals surface area contributed by atoms with E-state index in [0.29, 0.717) is 6.61 Å². The number of rotatable bonds is 6. The van der Waals surface area contributed by atoms with Crippen LogP contribution in [0, 0.1) is 5.41 Å². The van der Waals surface area contributed by atoms with Crippen LogP contribution in [-0.4, -0.2) is 15.0 Å². The molecule has 0 saturated carbocycles. The molecule has 0 radical (unpaired) electrons. The summed E-state index contributed by atoms with van der Waals surface area (Å²) in [6.07, 6.45) is 1.84. The zero-order chi connectivity index (χ0) is 16.3. The predicted molar refractivity (Wildman–Crippen MR) is 86.1 cm³/mol. The highest BCUT2D eigenvalue weighted by Gasteiger charge is 2.17. The zero-order valence-electron chi connectivity index (χ0n) is 13.6. The fourth-order valence-corrected chi connectivity index (χ4v) is 2.46. The minimum atomic E-state index is -3.68. The van der Waals surface area contributed by atoms with Crippen molar-refractivity contribution in [3.63, 3.8) is 0 Å². The molecule has 1 aromatic carbocycles. The van der Waals surface area contributed by atoms with Crippen molar-refractivity contribution in [3.8, 4) is 5.75 Å². The number of ether oxygens (including phenoxy) is 1. The first-order valence-electron chi connectivity index (χ1n) is 7.34. The van der Waals surface area contributed by atoms with Gasteiger partial charge >= 0.3 is 0 Å². The molecule has 0 spiro atoms. The Hall–Kier alpha value is -1.07. The van der Waals surface area contributed by atoms with Gasteiger partial charge in [0.15, 0.2) is 0 Å². The van der Waals surface area contributed by atoms with Crippen LogP contribution in [0.4, 0.5) is 0 Å². The van der Waals surface area contributed by atoms with Crippen LogP contribution < -0.4 is 9.88 Å². The van der Waals surface area contributed by atoms with E-state index in [4.69, 9.17) is 9.88 Å². The van der Waals surface area contributed by atoms with Gasteiger partial charge in [-0.15, -0.1) is 0 Å². The Kier molecular flexibility index (Phi) is 5.82. The van der Waals surface area contributed by atoms with Crippen molar-refractivity contribution in [2.24, 2.45) is 10.6 Å². The molecule has 1 rings (SSSR count). The largest absolute Gasteiger partial charge is 0.493 e. The number of hydrogen-bond acceptors (Lipinski definition) is 3. The molecule has 0 saturated heterocycles. The fourth-order valence-electron chi connectivity index (χ4n) is 1.91. The number of sulfonamides is 1. The van der Waals surface area contributed by atoms with Crippen molar-refractivity contribution in [3.05, 3.63) is 23.8 Å². The quantitative estimate of drug-likeness (QED) is 0.871. The SMILES string of the molecule is CCC(C)c1cc(S(N)(=O)=O)ccc1OCCC(C)(C)C. The Balaban J connectivity index is 3.03. The molecule has 0 heterocycles. The summed E-state index contributed by atoms with van der Waals surface area (Å²) in [6, 6.07) is 4.85. The minimum absolute atomic E-state index is 0.140. The van der Waals surface area contributed by atoms with Crippen molar-refractivity contribution in [1.29, 1.82) is 0 Å². The van der Waals surface area contributed by atoms with E-state index < -0.39 is 10.0 Å². The highest BCUT2D eigenvalue weighted by molar-refractivity contribution is 7.89. The number of benzene rings is 1. The Bertz CT molecular complexity index is 574. The molecule has 0 aliphatic heterocycles. The van der Waals surface area contributed by atoms with E-state index in [2.05, 4.69) is 34.6 Å². The number of nitrogens with two attached hydrogens (primary N) is 1. The van der Waals surface area contributed by atoms with Gasteiger partial charge in [0.1, 0.15) is 5.75 Å². The van der Waals surface area contributed by atoms with Crippen molar-refractivity contribution < 1.29 is 13.2 Å². The monoisotopic (exact) mass is 313 g/mol. The van der Waals surface area contributed by atoms with E-state index in [-0.39, 0.29) is 16.2 Å². The molecule has 1 aromatic rings. The second-order valence-corrected chi connectivity index (χ2v) is 8.27. The summed E-state index contributed by atoms with van der Waals surface area (Å²) < 4.78 is 28.8. The lowest BCUT2D eigenvalue weighted by Gasteiger charge is -2.21. The van der Waals surface area contributed by atoms with Gasteiger partial charge in [0.25, 0.3) is 0 Å². The third-order valence-corrected chi connectivity index (χ3v) is 4.47. The maximum absolute atomic E-state index is 11.5. The van der Waals surface area contributed by atoms with Crippen molar-refractivity contribution in [2.75, 3.05) is 6.61 Å². The lowest BCUT2D eigenvalue weighted by atomic mass is 9.93. The Morgan fingerprint density at radius 3 is 2.38 bits per heavy atom. The van der Waals surface area contributed by atoms with E-state index >= 15 is 0 Å². The smallest absolute Gasteiger partial charge is 0.238 e. The summed E-state index contributed by atoms with van der Waals surface area (Å²) in [7, 11) is -3.68. The average Bonchev–Trinajstić information content (AvgIpc) is 2.35. The molecular formula is C16H27NO3S. The summed E-state index contributed by atoms with van der Waals surface area (Å²) in [5.74, 6) is 0.970. The van der Waals surface area contributed by atoms with Gasteiger partial charge in [0, 0.05) is 0 Å². The summed E-state index contributed by atoms with van der Waals surface area (Å²) in [5, 5.41) is 5.21. The van der Waals surface area contributed by atoms with Gasteiger partial charge in [-0.1, -0.05) is 34.6 Å². The first kappa shape index (κ1) is 18.0. The summed E-state index contributed by atoms with van der Waals surface area (Å²) >= 11 is 0. The first-order chi connectivity index (χ1) is 9.54. The fraction of sp³-hybridized carbons (Fsp3) is 0.625. The van der Waals surface area contributed by atoms with Crippen LogP contribution in [0.5, 0.6) is 5.75 Å². The Labute approximate surface area is 128 Å². The Morgan fingerprint density at radius 1 is 1.29 bits per heavy atom. The standard InChI is InChI=1S/C16H27NO3S/c1-6-12(2)14-11-13(21(17,18)19)7-8-15(14)20-10-9-16(3,4)5/h7-8,11-12H,6,9-10H2,1-5H3,(H2,17,18,19). The second kappa shape index (κ2) is 6.79. The number of hydrogen-bond donors (Lipinski definition) is 1. The van der Waals surface area contributed by atoms with Crippen LogP contribution in [0.25, 0.3) is 0 Å². The lowest BCUT2D eigenvalue weighted by Crippen LogP contribution is -2.14. The van der Waals surface area contributed by atoms with Gasteiger partial charge in [-0.05, 0) is 47.9 Å². The van der Waals surface area contributed by atoms with Crippen LogP contribution in [0.2, 0.25) is 0 Å². The third kappa shape index (κ3) is 5.67. The van der Waals surface area contributed by atoms with Gasteiger partial charge in [-0.3, -0.25) is 0 Å². The van der Waals surface area contributed by atoms with Crippen LogP contribution in [-0.2, 0) is 10.0 Å². The molecule has 2 N–H and O–H groups in total. The summed E-state index contributed by atoms with van der Waals surface area (Å²) in [5.41, 5.74) is 1.11. The van der Waals surface area contributed by atoms with Crippen LogP contribution in [0.1, 0.15) is 58.9 Å². The predicted octanol–water partition coefficient (Wildman–Crippen LogP) is 3.66. The maximum atomic E-state index is 11.5. The summed E-state index contributed by atoms with van der Waals surface area (Å²) in [4.78, 5) is 0.140. The molecule has 0 bridgehead atoms. The van der Waals surface area contributed by atoms with Gasteiger partial charge in [0.05, 0.1) is 11.5 Å². The molecule has 5 heteroatoms. The number of primary sulfonamides is 1. The van der Waals surface area contributed by atoms with E-state index in [1.54, 1.807) is 12.1 Å². The van der Waals surface area contributed by atoms with Crippen LogP contribution in [0.15, 0.2) is 23.1 Å². The first-order valence-corrected chi connectivity index (χ1v) is 8.89. The normalized spacial score (nSPS) is 14.0. The van der Waals surface area contributed by atoms with Crippen molar-refractivity contribution >= 4 is 10.0 Å². The lowest BCUT2D eigenvalue weighted by molar-refractivity contribution is 0.240. The molecule has 21 heavy (non-hydrogen) atoms. The second-order valence-electron chi connectivity index (χ2n) is 6.71. The van der Waals surface area contributed by atoms with Crippen LogP contribution >= 0.6 is 0 Å². The maximum Gasteiger partial charge on any atom is 0.238 e. The van der Waals surface area contributed by atoms with Crippen molar-refractivity contribution in [1.82, 2.24) is 0 Å². The average molecular weight is 313 g/mol. The Morgan fingerprint density at radius 2 is 1.90 bits per heavy atom. The third-order valence-electron chi connectivity index (χ3n) is 3.56. The van der Waals surface area contributed by atoms with E-state index in [1.165, 1.54) is 6.07 Å². The molecule has 120 valence electrons. The molecule has 1 unspecified atom stereocenters. The zero-order valence-corrected chi connectivity index (χ0v) is 14.5. The van der Waals surface area contributed by atoms with Gasteiger partial charge in [0.2, 0.25) is 10.0 Å². The molecule has 1 atom stereocenters. The molecule has 0 amide bonds. The molecule has 0 aliphatic rings. The molecule has 0 aliphatic carbocycles. The van der Waals surface area contributed by atoms with Crippen LogP contribution in [0.3, 0.4) is 0 Å². The van der Waals surface area contributed by atoms with E-state index in [0.717, 1.165) is 24.2 Å². The highest BCUT2D eigenvalue weighted by atomic mass is 32.2. The molecule has 4 nitrogen and oxygen atoms in total. The minimum Gasteiger partial charge on any atom is -0.493 e. The topological polar surface area (TPSA) is 69.4 Å². The van der Waals surface area contributed by atoms with E-state index in [1.807, 2.05) is 0 Å². The molecular weight excluding hydrogens is 286 g/mol. The summed E-state index contributed by atoms with van der Waals surface area (Å²) in [6.45, 7) is 11.2. The van der Waals surface area contributed by atoms with Gasteiger partial charge < -0.3 is 4.74 Å². The van der Waals surface area contributed by atoms with Crippen molar-refractivity contribution in [2.45, 2.75) is 58.3 Å².